The maximum Gasteiger partial charge on any atom is 0.327 e. The zero-order valence-electron chi connectivity index (χ0n) is 10.7. The summed E-state index contributed by atoms with van der Waals surface area (Å²) in [5.74, 6) is -0.753. The fourth-order valence-corrected chi connectivity index (χ4v) is 4.71. The molecule has 2 unspecified atom stereocenters. The van der Waals surface area contributed by atoms with E-state index in [-0.39, 0.29) is 11.3 Å². The number of rotatable bonds is 3. The van der Waals surface area contributed by atoms with Crippen molar-refractivity contribution in [1.29, 1.82) is 0 Å². The fourth-order valence-electron chi connectivity index (χ4n) is 2.14. The molecule has 2 rings (SSSR count). The molecule has 1 aromatic carbocycles. The third kappa shape index (κ3) is 3.04. The van der Waals surface area contributed by atoms with Crippen LogP contribution >= 0.6 is 43.6 Å². The molecule has 1 saturated heterocycles. The first-order valence-corrected chi connectivity index (χ1v) is 8.71. The Bertz CT molecular complexity index is 552. The number of hydrogen-bond donors (Lipinski definition) is 1. The molecule has 0 radical (unpaired) electrons. The van der Waals surface area contributed by atoms with Gasteiger partial charge in [-0.3, -0.25) is 4.79 Å². The number of carboxylic acids is 1. The van der Waals surface area contributed by atoms with Gasteiger partial charge in [0.25, 0.3) is 5.91 Å². The molecule has 0 spiro atoms. The van der Waals surface area contributed by atoms with E-state index in [1.807, 2.05) is 6.92 Å². The van der Waals surface area contributed by atoms with E-state index in [2.05, 4.69) is 31.9 Å². The summed E-state index contributed by atoms with van der Waals surface area (Å²) in [5.41, 5.74) is 0.486. The van der Waals surface area contributed by atoms with Crippen LogP contribution in [0.15, 0.2) is 27.1 Å². The molecule has 20 heavy (non-hydrogen) atoms. The molecule has 1 aliphatic rings. The van der Waals surface area contributed by atoms with Crippen LogP contribution in [-0.2, 0) is 4.79 Å². The predicted octanol–water partition coefficient (Wildman–Crippen LogP) is 3.59. The molecule has 0 aliphatic carbocycles. The minimum atomic E-state index is -0.949. The lowest BCUT2D eigenvalue weighted by atomic mass is 10.1. The summed E-state index contributed by atoms with van der Waals surface area (Å²) in [6.45, 7) is 1.96. The van der Waals surface area contributed by atoms with Crippen LogP contribution in [0.3, 0.4) is 0 Å². The highest BCUT2D eigenvalue weighted by atomic mass is 79.9. The molecule has 108 valence electrons. The molecular formula is C13H13Br2NO3S. The monoisotopic (exact) mass is 421 g/mol. The topological polar surface area (TPSA) is 57.6 Å². The van der Waals surface area contributed by atoms with Gasteiger partial charge in [0.2, 0.25) is 0 Å². The summed E-state index contributed by atoms with van der Waals surface area (Å²) in [4.78, 5) is 25.5. The molecule has 4 nitrogen and oxygen atoms in total. The number of hydrogen-bond acceptors (Lipinski definition) is 3. The van der Waals surface area contributed by atoms with E-state index in [1.165, 1.54) is 16.7 Å². The molecule has 0 bridgehead atoms. The van der Waals surface area contributed by atoms with Crippen LogP contribution in [0.25, 0.3) is 0 Å². The lowest BCUT2D eigenvalue weighted by molar-refractivity contribution is -0.141. The van der Waals surface area contributed by atoms with Gasteiger partial charge in [0.15, 0.2) is 0 Å². The van der Waals surface area contributed by atoms with Gasteiger partial charge in [-0.05, 0) is 40.5 Å². The number of carboxylic acid groups (broad SMARTS) is 1. The highest BCUT2D eigenvalue weighted by molar-refractivity contribution is 9.11. The summed E-state index contributed by atoms with van der Waals surface area (Å²) < 4.78 is 1.52. The number of amides is 1. The van der Waals surface area contributed by atoms with Crippen molar-refractivity contribution in [3.63, 3.8) is 0 Å². The van der Waals surface area contributed by atoms with E-state index in [9.17, 15) is 14.7 Å². The van der Waals surface area contributed by atoms with Crippen molar-refractivity contribution < 1.29 is 14.7 Å². The molecule has 7 heteroatoms. The van der Waals surface area contributed by atoms with Crippen molar-refractivity contribution >= 4 is 55.5 Å². The minimum Gasteiger partial charge on any atom is -0.480 e. The van der Waals surface area contributed by atoms with Crippen LogP contribution < -0.4 is 0 Å². The number of nitrogens with zero attached hydrogens (tertiary/aromatic N) is 1. The maximum atomic E-state index is 12.7. The van der Waals surface area contributed by atoms with Gasteiger partial charge in [-0.25, -0.2) is 4.79 Å². The molecule has 1 aliphatic heterocycles. The van der Waals surface area contributed by atoms with Gasteiger partial charge >= 0.3 is 5.97 Å². The molecule has 1 aromatic rings. The first-order valence-electron chi connectivity index (χ1n) is 6.07. The number of carbonyl (C=O) groups excluding carboxylic acids is 1. The van der Waals surface area contributed by atoms with Crippen LogP contribution in [0.2, 0.25) is 0 Å². The van der Waals surface area contributed by atoms with Crippen LogP contribution in [0.4, 0.5) is 0 Å². The molecule has 1 heterocycles. The third-order valence-corrected chi connectivity index (χ3v) is 5.73. The highest BCUT2D eigenvalue weighted by Crippen LogP contribution is 2.34. The van der Waals surface area contributed by atoms with Gasteiger partial charge < -0.3 is 10.0 Å². The normalized spacial score (nSPS) is 22.1. The van der Waals surface area contributed by atoms with Gasteiger partial charge in [0.1, 0.15) is 6.04 Å². The second kappa shape index (κ2) is 6.49. The zero-order valence-corrected chi connectivity index (χ0v) is 14.7. The van der Waals surface area contributed by atoms with Gasteiger partial charge in [-0.15, -0.1) is 11.8 Å². The number of benzene rings is 1. The molecular weight excluding hydrogens is 410 g/mol. The molecule has 2 atom stereocenters. The lowest BCUT2D eigenvalue weighted by Crippen LogP contribution is -2.45. The molecule has 1 amide bonds. The Hall–Kier alpha value is -0.530. The average Bonchev–Trinajstić information content (AvgIpc) is 2.81. The van der Waals surface area contributed by atoms with Crippen LogP contribution in [0.1, 0.15) is 23.7 Å². The highest BCUT2D eigenvalue weighted by Gasteiger charge is 2.41. The Kier molecular flexibility index (Phi) is 5.14. The summed E-state index contributed by atoms with van der Waals surface area (Å²) in [5, 5.41) is 9.20. The Morgan fingerprint density at radius 2 is 2.15 bits per heavy atom. The van der Waals surface area contributed by atoms with E-state index < -0.39 is 12.0 Å². The van der Waals surface area contributed by atoms with Crippen LogP contribution in [-0.4, -0.2) is 39.1 Å². The van der Waals surface area contributed by atoms with Crippen LogP contribution in [0.5, 0.6) is 0 Å². The van der Waals surface area contributed by atoms with Crippen molar-refractivity contribution in [2.24, 2.45) is 0 Å². The van der Waals surface area contributed by atoms with E-state index in [0.29, 0.717) is 15.8 Å². The molecule has 1 N–H and O–H groups in total. The third-order valence-electron chi connectivity index (χ3n) is 3.12. The van der Waals surface area contributed by atoms with E-state index >= 15 is 0 Å². The Morgan fingerprint density at radius 1 is 1.45 bits per heavy atom. The Labute approximate surface area is 138 Å². The SMILES string of the molecule is CCC1SCC(C(=O)O)N1C(=O)c1ccc(Br)cc1Br. The van der Waals surface area contributed by atoms with E-state index in [1.54, 1.807) is 18.2 Å². The molecule has 0 aromatic heterocycles. The van der Waals surface area contributed by atoms with Gasteiger partial charge in [0.05, 0.1) is 10.9 Å². The zero-order chi connectivity index (χ0) is 14.9. The second-order valence-electron chi connectivity index (χ2n) is 4.39. The minimum absolute atomic E-state index is 0.0841. The Morgan fingerprint density at radius 3 is 2.70 bits per heavy atom. The first-order chi connectivity index (χ1) is 9.45. The molecule has 0 saturated carbocycles. The Balaban J connectivity index is 2.36. The van der Waals surface area contributed by atoms with Crippen molar-refractivity contribution in [2.75, 3.05) is 5.75 Å². The van der Waals surface area contributed by atoms with Crippen molar-refractivity contribution in [3.05, 3.63) is 32.7 Å². The second-order valence-corrected chi connectivity index (χ2v) is 7.37. The van der Waals surface area contributed by atoms with Crippen molar-refractivity contribution in [2.45, 2.75) is 24.8 Å². The quantitative estimate of drug-likeness (QED) is 0.808. The van der Waals surface area contributed by atoms with Crippen molar-refractivity contribution in [3.8, 4) is 0 Å². The number of halogens is 2. The number of carbonyl (C=O) groups is 2. The first kappa shape index (κ1) is 15.9. The number of aliphatic carboxylic acids is 1. The summed E-state index contributed by atoms with van der Waals surface area (Å²) in [7, 11) is 0. The van der Waals surface area contributed by atoms with Gasteiger partial charge in [-0.1, -0.05) is 22.9 Å². The predicted molar refractivity (Wildman–Crippen MR) is 86.0 cm³/mol. The standard InChI is InChI=1S/C13H13Br2NO3S/c1-2-11-16(10(6-20-11)13(18)19)12(17)8-4-3-7(14)5-9(8)15/h3-5,10-11H,2,6H2,1H3,(H,18,19). The van der Waals surface area contributed by atoms with Crippen LogP contribution in [0, 0.1) is 0 Å². The summed E-state index contributed by atoms with van der Waals surface area (Å²) >= 11 is 8.22. The average molecular weight is 423 g/mol. The fraction of sp³-hybridized carbons (Fsp3) is 0.385. The largest absolute Gasteiger partial charge is 0.480 e. The smallest absolute Gasteiger partial charge is 0.327 e. The lowest BCUT2D eigenvalue weighted by Gasteiger charge is -2.27. The van der Waals surface area contributed by atoms with Gasteiger partial charge in [-0.2, -0.15) is 0 Å². The van der Waals surface area contributed by atoms with E-state index in [4.69, 9.17) is 0 Å². The van der Waals surface area contributed by atoms with Gasteiger partial charge in [0, 0.05) is 14.7 Å². The summed E-state index contributed by atoms with van der Waals surface area (Å²) in [6.07, 6.45) is 0.730. The maximum absolute atomic E-state index is 12.7. The number of thioether (sulfide) groups is 1. The van der Waals surface area contributed by atoms with E-state index in [0.717, 1.165) is 10.9 Å². The molecule has 1 fully saturated rings. The summed E-state index contributed by atoms with van der Waals surface area (Å²) in [6, 6.07) is 4.50. The van der Waals surface area contributed by atoms with Crippen molar-refractivity contribution in [1.82, 2.24) is 4.90 Å².